The van der Waals surface area contributed by atoms with Crippen molar-refractivity contribution in [3.05, 3.63) is 54.1 Å². The lowest BCUT2D eigenvalue weighted by atomic mass is 10.0. The number of benzene rings is 2. The van der Waals surface area contributed by atoms with Crippen LogP contribution in [-0.2, 0) is 4.79 Å². The summed E-state index contributed by atoms with van der Waals surface area (Å²) < 4.78 is 24.5. The number of thioether (sulfide) groups is 1. The normalized spacial score (nSPS) is 10.9. The molecule has 2 N–H and O–H groups in total. The van der Waals surface area contributed by atoms with E-state index in [2.05, 4.69) is 24.5 Å². The molecule has 24 heavy (non-hydrogen) atoms. The molecule has 0 unspecified atom stereocenters. The standard InChI is InChI=1S/C18H20F2N2OS/c1-12(2)13-4-3-5-15(10-13)22-17(23)11-21-14-6-8-16(9-7-14)24-18(19)20/h3-10,12,18,21H,11H2,1-2H3,(H,22,23). The van der Waals surface area contributed by atoms with Crippen molar-refractivity contribution < 1.29 is 13.6 Å². The number of hydrogen-bond donors (Lipinski definition) is 2. The SMILES string of the molecule is CC(C)c1cccc(NC(=O)CNc2ccc(SC(F)F)cc2)c1. The van der Waals surface area contributed by atoms with Crippen molar-refractivity contribution in [1.82, 2.24) is 0 Å². The van der Waals surface area contributed by atoms with Crippen molar-refractivity contribution >= 4 is 29.0 Å². The fourth-order valence-corrected chi connectivity index (χ4v) is 2.62. The zero-order valence-electron chi connectivity index (χ0n) is 13.6. The fourth-order valence-electron chi connectivity index (χ4n) is 2.12. The van der Waals surface area contributed by atoms with Gasteiger partial charge in [0.05, 0.1) is 6.54 Å². The summed E-state index contributed by atoms with van der Waals surface area (Å²) >= 11 is 0.496. The third kappa shape index (κ3) is 5.85. The fraction of sp³-hybridized carbons (Fsp3) is 0.278. The average molecular weight is 350 g/mol. The van der Waals surface area contributed by atoms with Crippen molar-refractivity contribution in [2.45, 2.75) is 30.4 Å². The molecule has 0 aromatic heterocycles. The molecule has 1 amide bonds. The summed E-state index contributed by atoms with van der Waals surface area (Å²) in [5.41, 5.74) is 2.63. The Kier molecular flexibility index (Phi) is 6.61. The average Bonchev–Trinajstić information content (AvgIpc) is 2.54. The van der Waals surface area contributed by atoms with Crippen LogP contribution in [0.2, 0.25) is 0 Å². The van der Waals surface area contributed by atoms with Crippen LogP contribution in [-0.4, -0.2) is 18.2 Å². The molecular formula is C18H20F2N2OS. The molecule has 0 saturated carbocycles. The van der Waals surface area contributed by atoms with E-state index in [1.165, 1.54) is 0 Å². The van der Waals surface area contributed by atoms with Gasteiger partial charge in [0.25, 0.3) is 5.76 Å². The molecule has 128 valence electrons. The van der Waals surface area contributed by atoms with Gasteiger partial charge in [-0.1, -0.05) is 37.7 Å². The van der Waals surface area contributed by atoms with E-state index < -0.39 is 5.76 Å². The summed E-state index contributed by atoms with van der Waals surface area (Å²) in [5.74, 6) is -2.21. The van der Waals surface area contributed by atoms with Crippen LogP contribution in [0.25, 0.3) is 0 Å². The summed E-state index contributed by atoms with van der Waals surface area (Å²) in [6.45, 7) is 4.30. The summed E-state index contributed by atoms with van der Waals surface area (Å²) in [6, 6.07) is 14.3. The predicted octanol–water partition coefficient (Wildman–Crippen LogP) is 5.18. The molecule has 0 heterocycles. The second-order valence-electron chi connectivity index (χ2n) is 5.58. The first-order chi connectivity index (χ1) is 11.4. The molecule has 0 saturated heterocycles. The van der Waals surface area contributed by atoms with Gasteiger partial charge in [-0.3, -0.25) is 4.79 Å². The summed E-state index contributed by atoms with van der Waals surface area (Å²) in [4.78, 5) is 12.5. The third-order valence-corrected chi connectivity index (χ3v) is 4.09. The van der Waals surface area contributed by atoms with Gasteiger partial charge in [-0.05, 0) is 47.9 Å². The summed E-state index contributed by atoms with van der Waals surface area (Å²) in [6.07, 6.45) is 0. The first kappa shape index (κ1) is 18.3. The molecule has 0 radical (unpaired) electrons. The van der Waals surface area contributed by atoms with Crippen molar-refractivity contribution in [3.8, 4) is 0 Å². The number of hydrogen-bond acceptors (Lipinski definition) is 3. The maximum atomic E-state index is 12.3. The van der Waals surface area contributed by atoms with E-state index in [0.717, 1.165) is 11.3 Å². The van der Waals surface area contributed by atoms with Crippen LogP contribution in [0.3, 0.4) is 0 Å². The number of nitrogens with one attached hydrogen (secondary N) is 2. The number of carbonyl (C=O) groups excluding carboxylic acids is 1. The number of carbonyl (C=O) groups is 1. The molecule has 0 aliphatic carbocycles. The molecule has 0 spiro atoms. The van der Waals surface area contributed by atoms with Crippen molar-refractivity contribution in [2.24, 2.45) is 0 Å². The van der Waals surface area contributed by atoms with E-state index >= 15 is 0 Å². The molecular weight excluding hydrogens is 330 g/mol. The van der Waals surface area contributed by atoms with E-state index in [-0.39, 0.29) is 12.5 Å². The quantitative estimate of drug-likeness (QED) is 0.677. The molecule has 0 atom stereocenters. The first-order valence-electron chi connectivity index (χ1n) is 7.62. The number of halogens is 2. The van der Waals surface area contributed by atoms with Crippen LogP contribution in [0.4, 0.5) is 20.2 Å². The number of amides is 1. The van der Waals surface area contributed by atoms with Gasteiger partial charge in [-0.15, -0.1) is 0 Å². The Hall–Kier alpha value is -2.08. The molecule has 0 fully saturated rings. The molecule has 0 aliphatic heterocycles. The van der Waals surface area contributed by atoms with Crippen LogP contribution in [0.15, 0.2) is 53.4 Å². The van der Waals surface area contributed by atoms with E-state index in [4.69, 9.17) is 0 Å². The highest BCUT2D eigenvalue weighted by atomic mass is 32.2. The minimum atomic E-state index is -2.43. The Balaban J connectivity index is 1.85. The van der Waals surface area contributed by atoms with Gasteiger partial charge in [-0.2, -0.15) is 8.78 Å². The van der Waals surface area contributed by atoms with Crippen LogP contribution in [0.1, 0.15) is 25.3 Å². The van der Waals surface area contributed by atoms with E-state index in [1.807, 2.05) is 24.3 Å². The lowest BCUT2D eigenvalue weighted by Crippen LogP contribution is -2.21. The van der Waals surface area contributed by atoms with Gasteiger partial charge in [0.1, 0.15) is 0 Å². The molecule has 2 aromatic rings. The van der Waals surface area contributed by atoms with Gasteiger partial charge in [-0.25, -0.2) is 0 Å². The number of alkyl halides is 2. The molecule has 0 bridgehead atoms. The van der Waals surface area contributed by atoms with Crippen LogP contribution in [0.5, 0.6) is 0 Å². The second kappa shape index (κ2) is 8.68. The number of anilines is 2. The molecule has 2 aromatic carbocycles. The Morgan fingerprint density at radius 2 is 1.79 bits per heavy atom. The van der Waals surface area contributed by atoms with Gasteiger partial charge in [0, 0.05) is 16.3 Å². The van der Waals surface area contributed by atoms with Crippen LogP contribution in [0, 0.1) is 0 Å². The molecule has 6 heteroatoms. The van der Waals surface area contributed by atoms with Crippen molar-refractivity contribution in [3.63, 3.8) is 0 Å². The van der Waals surface area contributed by atoms with Gasteiger partial charge >= 0.3 is 0 Å². The van der Waals surface area contributed by atoms with Gasteiger partial charge in [0.2, 0.25) is 5.91 Å². The highest BCUT2D eigenvalue weighted by Crippen LogP contribution is 2.26. The third-order valence-electron chi connectivity index (χ3n) is 3.37. The Bertz CT molecular complexity index is 675. The Labute approximate surface area is 144 Å². The zero-order valence-corrected chi connectivity index (χ0v) is 14.4. The minimum Gasteiger partial charge on any atom is -0.376 e. The topological polar surface area (TPSA) is 41.1 Å². The smallest absolute Gasteiger partial charge is 0.288 e. The summed E-state index contributed by atoms with van der Waals surface area (Å²) in [7, 11) is 0. The first-order valence-corrected chi connectivity index (χ1v) is 8.50. The predicted molar refractivity (Wildman–Crippen MR) is 96.0 cm³/mol. The molecule has 2 rings (SSSR count). The van der Waals surface area contributed by atoms with Crippen LogP contribution >= 0.6 is 11.8 Å². The highest BCUT2D eigenvalue weighted by molar-refractivity contribution is 7.99. The minimum absolute atomic E-state index is 0.104. The maximum Gasteiger partial charge on any atom is 0.288 e. The molecule has 3 nitrogen and oxygen atoms in total. The monoisotopic (exact) mass is 350 g/mol. The maximum absolute atomic E-state index is 12.3. The van der Waals surface area contributed by atoms with E-state index in [0.29, 0.717) is 28.3 Å². The lowest BCUT2D eigenvalue weighted by Gasteiger charge is -2.11. The zero-order chi connectivity index (χ0) is 17.5. The van der Waals surface area contributed by atoms with Gasteiger partial charge in [0.15, 0.2) is 0 Å². The Morgan fingerprint density at radius 1 is 1.08 bits per heavy atom. The van der Waals surface area contributed by atoms with Gasteiger partial charge < -0.3 is 10.6 Å². The highest BCUT2D eigenvalue weighted by Gasteiger charge is 2.06. The Morgan fingerprint density at radius 3 is 2.42 bits per heavy atom. The lowest BCUT2D eigenvalue weighted by molar-refractivity contribution is -0.114. The summed E-state index contributed by atoms with van der Waals surface area (Å²) in [5, 5.41) is 5.81. The van der Waals surface area contributed by atoms with Crippen molar-refractivity contribution in [1.29, 1.82) is 0 Å². The van der Waals surface area contributed by atoms with E-state index in [9.17, 15) is 13.6 Å². The molecule has 0 aliphatic rings. The van der Waals surface area contributed by atoms with Crippen molar-refractivity contribution in [2.75, 3.05) is 17.2 Å². The second-order valence-corrected chi connectivity index (χ2v) is 6.65. The van der Waals surface area contributed by atoms with Crippen LogP contribution < -0.4 is 10.6 Å². The van der Waals surface area contributed by atoms with E-state index in [1.54, 1.807) is 24.3 Å². The number of rotatable bonds is 7. The largest absolute Gasteiger partial charge is 0.376 e.